The lowest BCUT2D eigenvalue weighted by Gasteiger charge is -1.85. The van der Waals surface area contributed by atoms with E-state index < -0.39 is 0 Å². The van der Waals surface area contributed by atoms with Gasteiger partial charge in [0.05, 0.1) is 20.4 Å². The number of nitrogens with one attached hydrogen (secondary N) is 1. The lowest BCUT2D eigenvalue weighted by atomic mass is 10.2. The minimum absolute atomic E-state index is 0.278. The lowest BCUT2D eigenvalue weighted by molar-refractivity contribution is 0.432. The van der Waals surface area contributed by atoms with Crippen LogP contribution in [0.15, 0.2) is 26.6 Å². The predicted octanol–water partition coefficient (Wildman–Crippen LogP) is 2.82. The highest BCUT2D eigenvalue weighted by atomic mass is 79.9. The average molecular weight is 322 g/mol. The zero-order valence-electron chi connectivity index (χ0n) is 8.72. The largest absolute Gasteiger partial charge is 0.333 e. The summed E-state index contributed by atoms with van der Waals surface area (Å²) in [5, 5.41) is 19.1. The number of rotatable bonds is 2. The Kier molecular flexibility index (Phi) is 2.70. The highest BCUT2D eigenvalue weighted by Crippen LogP contribution is 2.31. The molecule has 3 aromatic rings. The van der Waals surface area contributed by atoms with E-state index in [-0.39, 0.29) is 5.89 Å². The summed E-state index contributed by atoms with van der Waals surface area (Å²) in [5.74, 6) is 0.769. The van der Waals surface area contributed by atoms with Gasteiger partial charge in [-0.2, -0.15) is 15.3 Å². The van der Waals surface area contributed by atoms with Gasteiger partial charge in [-0.3, -0.25) is 5.10 Å². The number of nitrogens with zero attached hydrogens (tertiary/aromatic N) is 4. The van der Waals surface area contributed by atoms with Gasteiger partial charge in [0.2, 0.25) is 5.82 Å². The van der Waals surface area contributed by atoms with Crippen molar-refractivity contribution in [2.75, 3.05) is 0 Å². The summed E-state index contributed by atoms with van der Waals surface area (Å²) in [5.41, 5.74) is 0.810. The third kappa shape index (κ3) is 1.83. The second-order valence-corrected chi connectivity index (χ2v) is 5.76. The first-order valence-electron chi connectivity index (χ1n) is 4.81. The summed E-state index contributed by atoms with van der Waals surface area (Å²) in [7, 11) is 0. The van der Waals surface area contributed by atoms with Crippen molar-refractivity contribution in [3.8, 4) is 28.2 Å². The van der Waals surface area contributed by atoms with Crippen molar-refractivity contribution in [2.24, 2.45) is 0 Å². The first kappa shape index (κ1) is 11.1. The quantitative estimate of drug-likeness (QED) is 0.783. The molecule has 0 fully saturated rings. The maximum atomic E-state index is 8.88. The minimum Gasteiger partial charge on any atom is -0.333 e. The number of thiophene rings is 1. The molecular weight excluding hydrogens is 318 g/mol. The van der Waals surface area contributed by atoms with E-state index in [9.17, 15) is 0 Å². The van der Waals surface area contributed by atoms with Crippen LogP contribution in [-0.4, -0.2) is 20.3 Å². The molecule has 3 heterocycles. The molecule has 88 valence electrons. The molecule has 0 saturated heterocycles. The molecule has 0 unspecified atom stereocenters. The Morgan fingerprint density at radius 3 is 3.06 bits per heavy atom. The van der Waals surface area contributed by atoms with Crippen LogP contribution in [0.1, 0.15) is 5.69 Å². The van der Waals surface area contributed by atoms with Crippen LogP contribution in [0.25, 0.3) is 22.2 Å². The molecule has 6 nitrogen and oxygen atoms in total. The van der Waals surface area contributed by atoms with Gasteiger partial charge >= 0.3 is 0 Å². The van der Waals surface area contributed by atoms with E-state index in [1.165, 1.54) is 17.5 Å². The molecule has 0 radical (unpaired) electrons. The topological polar surface area (TPSA) is 91.4 Å². The third-order valence-electron chi connectivity index (χ3n) is 2.20. The Bertz CT molecular complexity index is 737. The standard InChI is InChI=1S/C10H4BrN5OS/c11-8-2-1-7(18-8)9-14-10(17-16-9)5-4-13-15-6(5)3-12/h1-2,4H,(H,13,15). The zero-order chi connectivity index (χ0) is 12.5. The second kappa shape index (κ2) is 4.36. The molecule has 0 atom stereocenters. The van der Waals surface area contributed by atoms with E-state index in [1.807, 2.05) is 18.2 Å². The second-order valence-electron chi connectivity index (χ2n) is 3.30. The Balaban J connectivity index is 2.02. The van der Waals surface area contributed by atoms with E-state index in [0.717, 1.165) is 8.66 Å². The number of hydrogen-bond donors (Lipinski definition) is 1. The van der Waals surface area contributed by atoms with Gasteiger partial charge in [0.15, 0.2) is 0 Å². The Morgan fingerprint density at radius 1 is 1.44 bits per heavy atom. The van der Waals surface area contributed by atoms with Crippen LogP contribution in [0.3, 0.4) is 0 Å². The molecule has 0 aliphatic rings. The lowest BCUT2D eigenvalue weighted by Crippen LogP contribution is -1.80. The van der Waals surface area contributed by atoms with E-state index in [0.29, 0.717) is 17.1 Å². The van der Waals surface area contributed by atoms with E-state index in [2.05, 4.69) is 36.3 Å². The summed E-state index contributed by atoms with van der Waals surface area (Å²) >= 11 is 4.88. The zero-order valence-corrected chi connectivity index (χ0v) is 11.1. The fraction of sp³-hybridized carbons (Fsp3) is 0. The Hall–Kier alpha value is -1.98. The molecule has 0 bridgehead atoms. The molecule has 0 spiro atoms. The molecule has 0 aromatic carbocycles. The number of nitriles is 1. The highest BCUT2D eigenvalue weighted by molar-refractivity contribution is 9.11. The van der Waals surface area contributed by atoms with Crippen molar-refractivity contribution in [1.82, 2.24) is 20.3 Å². The number of halogens is 1. The molecular formula is C10H4BrN5OS. The van der Waals surface area contributed by atoms with Crippen LogP contribution in [-0.2, 0) is 0 Å². The van der Waals surface area contributed by atoms with Gasteiger partial charge < -0.3 is 4.52 Å². The van der Waals surface area contributed by atoms with Gasteiger partial charge in [-0.25, -0.2) is 0 Å². The first-order valence-corrected chi connectivity index (χ1v) is 6.42. The molecule has 3 rings (SSSR count). The number of aromatic amines is 1. The van der Waals surface area contributed by atoms with Gasteiger partial charge in [-0.05, 0) is 28.1 Å². The summed E-state index contributed by atoms with van der Waals surface area (Å²) in [4.78, 5) is 5.13. The van der Waals surface area contributed by atoms with Crippen LogP contribution < -0.4 is 0 Å². The van der Waals surface area contributed by atoms with Crippen LogP contribution in [0, 0.1) is 11.3 Å². The normalized spacial score (nSPS) is 10.4. The van der Waals surface area contributed by atoms with Crippen molar-refractivity contribution in [3.63, 3.8) is 0 Å². The van der Waals surface area contributed by atoms with Crippen molar-refractivity contribution >= 4 is 27.3 Å². The Morgan fingerprint density at radius 2 is 2.33 bits per heavy atom. The van der Waals surface area contributed by atoms with Crippen LogP contribution in [0.2, 0.25) is 0 Å². The molecule has 3 aromatic heterocycles. The van der Waals surface area contributed by atoms with Gasteiger partial charge in [0.1, 0.15) is 11.8 Å². The predicted molar refractivity (Wildman–Crippen MR) is 67.6 cm³/mol. The molecule has 0 aliphatic heterocycles. The average Bonchev–Trinajstić information content (AvgIpc) is 3.07. The monoisotopic (exact) mass is 321 g/mol. The van der Waals surface area contributed by atoms with Crippen molar-refractivity contribution in [1.29, 1.82) is 5.26 Å². The maximum Gasteiger partial charge on any atom is 0.262 e. The summed E-state index contributed by atoms with van der Waals surface area (Å²) in [6, 6.07) is 5.78. The molecule has 0 amide bonds. The van der Waals surface area contributed by atoms with E-state index >= 15 is 0 Å². The van der Waals surface area contributed by atoms with Gasteiger partial charge in [-0.15, -0.1) is 11.3 Å². The SMILES string of the molecule is N#Cc1[nH]ncc1-c1nc(-c2ccc(Br)s2)no1. The van der Waals surface area contributed by atoms with Gasteiger partial charge in [0.25, 0.3) is 5.89 Å². The van der Waals surface area contributed by atoms with Crippen LogP contribution >= 0.6 is 27.3 Å². The van der Waals surface area contributed by atoms with Crippen LogP contribution in [0.5, 0.6) is 0 Å². The van der Waals surface area contributed by atoms with Crippen molar-refractivity contribution in [3.05, 3.63) is 27.8 Å². The molecule has 0 saturated carbocycles. The molecule has 1 N–H and O–H groups in total. The van der Waals surface area contributed by atoms with E-state index in [1.54, 1.807) is 0 Å². The molecule has 18 heavy (non-hydrogen) atoms. The fourth-order valence-corrected chi connectivity index (χ4v) is 2.71. The highest BCUT2D eigenvalue weighted by Gasteiger charge is 2.16. The van der Waals surface area contributed by atoms with Crippen molar-refractivity contribution in [2.45, 2.75) is 0 Å². The summed E-state index contributed by atoms with van der Waals surface area (Å²) in [6.45, 7) is 0. The Labute approximate surface area is 113 Å². The fourth-order valence-electron chi connectivity index (χ4n) is 1.40. The maximum absolute atomic E-state index is 8.88. The van der Waals surface area contributed by atoms with Crippen molar-refractivity contribution < 1.29 is 4.52 Å². The van der Waals surface area contributed by atoms with Crippen LogP contribution in [0.4, 0.5) is 0 Å². The molecule has 0 aliphatic carbocycles. The summed E-state index contributed by atoms with van der Waals surface area (Å²) in [6.07, 6.45) is 1.49. The number of H-pyrrole nitrogens is 1. The molecule has 8 heteroatoms. The summed E-state index contributed by atoms with van der Waals surface area (Å²) < 4.78 is 6.12. The third-order valence-corrected chi connectivity index (χ3v) is 3.82. The van der Waals surface area contributed by atoms with Gasteiger partial charge in [-0.1, -0.05) is 5.16 Å². The number of hydrogen-bond acceptors (Lipinski definition) is 6. The number of aromatic nitrogens is 4. The smallest absolute Gasteiger partial charge is 0.262 e. The minimum atomic E-state index is 0.278. The van der Waals surface area contributed by atoms with E-state index in [4.69, 9.17) is 9.78 Å². The van der Waals surface area contributed by atoms with Gasteiger partial charge in [0, 0.05) is 0 Å². The first-order chi connectivity index (χ1) is 8.78.